The van der Waals surface area contributed by atoms with Gasteiger partial charge in [0.25, 0.3) is 0 Å². The fourth-order valence-corrected chi connectivity index (χ4v) is 5.88. The quantitative estimate of drug-likeness (QED) is 0.390. The normalized spacial score (nSPS) is 23.5. The lowest BCUT2D eigenvalue weighted by Crippen LogP contribution is -2.44. The monoisotopic (exact) mass is 492 g/mol. The molecule has 4 unspecified atom stereocenters. The van der Waals surface area contributed by atoms with Gasteiger partial charge >= 0.3 is 0 Å². The van der Waals surface area contributed by atoms with Crippen molar-refractivity contribution in [1.82, 2.24) is 4.90 Å². The summed E-state index contributed by atoms with van der Waals surface area (Å²) in [7, 11) is 1.55. The van der Waals surface area contributed by atoms with Crippen molar-refractivity contribution in [2.75, 3.05) is 12.0 Å². The maximum Gasteiger partial charge on any atom is 0.240 e. The van der Waals surface area contributed by atoms with E-state index in [1.165, 1.54) is 11.8 Å². The van der Waals surface area contributed by atoms with Gasteiger partial charge in [0.15, 0.2) is 11.6 Å². The van der Waals surface area contributed by atoms with Gasteiger partial charge in [-0.25, -0.2) is 4.90 Å². The summed E-state index contributed by atoms with van der Waals surface area (Å²) in [6, 6.07) is 19.7. The van der Waals surface area contributed by atoms with Crippen LogP contribution >= 0.6 is 0 Å². The lowest BCUT2D eigenvalue weighted by molar-refractivity contribution is -0.123. The van der Waals surface area contributed by atoms with Crippen LogP contribution < -0.4 is 9.64 Å². The number of amides is 2. The molecular formula is C30H24N2O5. The van der Waals surface area contributed by atoms with Gasteiger partial charge in [0.2, 0.25) is 11.8 Å². The van der Waals surface area contributed by atoms with Gasteiger partial charge in [-0.15, -0.1) is 0 Å². The van der Waals surface area contributed by atoms with Crippen LogP contribution in [-0.4, -0.2) is 41.4 Å². The third kappa shape index (κ3) is 3.42. The molecule has 184 valence electrons. The van der Waals surface area contributed by atoms with Crippen molar-refractivity contribution in [2.24, 2.45) is 11.8 Å². The Morgan fingerprint density at radius 3 is 2.14 bits per heavy atom. The van der Waals surface area contributed by atoms with E-state index in [9.17, 15) is 19.2 Å². The van der Waals surface area contributed by atoms with E-state index in [0.717, 1.165) is 11.1 Å². The molecule has 3 aliphatic heterocycles. The minimum atomic E-state index is -0.851. The molecule has 0 spiro atoms. The van der Waals surface area contributed by atoms with Crippen molar-refractivity contribution in [2.45, 2.75) is 19.0 Å². The zero-order chi connectivity index (χ0) is 25.8. The Labute approximate surface area is 213 Å². The zero-order valence-corrected chi connectivity index (χ0v) is 20.3. The van der Waals surface area contributed by atoms with Crippen LogP contribution in [0.4, 0.5) is 5.69 Å². The number of nitrogens with zero attached hydrogens (tertiary/aromatic N) is 2. The van der Waals surface area contributed by atoms with Crippen LogP contribution in [0.3, 0.4) is 0 Å². The summed E-state index contributed by atoms with van der Waals surface area (Å²) in [4.78, 5) is 56.6. The molecule has 3 aromatic rings. The number of carbonyl (C=O) groups excluding carboxylic acids is 4. The number of methoxy groups -OCH3 is 1. The molecule has 0 radical (unpaired) electrons. The van der Waals surface area contributed by atoms with Crippen LogP contribution in [0.1, 0.15) is 44.8 Å². The van der Waals surface area contributed by atoms with E-state index in [0.29, 0.717) is 22.6 Å². The molecule has 7 nitrogen and oxygen atoms in total. The van der Waals surface area contributed by atoms with E-state index >= 15 is 0 Å². The minimum Gasteiger partial charge on any atom is -0.497 e. The second-order valence-electron chi connectivity index (χ2n) is 9.54. The predicted molar refractivity (Wildman–Crippen MR) is 137 cm³/mol. The van der Waals surface area contributed by atoms with E-state index in [4.69, 9.17) is 4.74 Å². The Kier molecular flexibility index (Phi) is 5.30. The molecule has 0 aliphatic carbocycles. The highest BCUT2D eigenvalue weighted by Crippen LogP contribution is 2.53. The summed E-state index contributed by atoms with van der Waals surface area (Å²) >= 11 is 0. The summed E-state index contributed by atoms with van der Waals surface area (Å²) in [5.41, 5.74) is 3.22. The molecule has 37 heavy (non-hydrogen) atoms. The Hall–Kier alpha value is -4.52. The van der Waals surface area contributed by atoms with Gasteiger partial charge in [0, 0.05) is 17.3 Å². The lowest BCUT2D eigenvalue weighted by Gasteiger charge is -2.35. The molecule has 0 bridgehead atoms. The SMILES string of the molecule is COc1ccc(C(=O)C2C3C(=O)N(c4ccc(C(C)=O)cc4)C(=O)C3C3c4ccccc4C=CN23)cc1. The summed E-state index contributed by atoms with van der Waals surface area (Å²) in [6.45, 7) is 1.46. The fraction of sp³-hybridized carbons (Fsp3) is 0.200. The highest BCUT2D eigenvalue weighted by Gasteiger charge is 2.64. The maximum atomic E-state index is 13.9. The largest absolute Gasteiger partial charge is 0.497 e. The number of ketones is 2. The van der Waals surface area contributed by atoms with Crippen molar-refractivity contribution in [3.63, 3.8) is 0 Å². The van der Waals surface area contributed by atoms with Gasteiger partial charge in [0.05, 0.1) is 30.7 Å². The van der Waals surface area contributed by atoms with Gasteiger partial charge in [-0.05, 0) is 72.7 Å². The first kappa shape index (κ1) is 22.9. The van der Waals surface area contributed by atoms with Gasteiger partial charge in [-0.1, -0.05) is 24.3 Å². The smallest absolute Gasteiger partial charge is 0.240 e. The molecule has 7 heteroatoms. The third-order valence-corrected chi connectivity index (χ3v) is 7.64. The van der Waals surface area contributed by atoms with Crippen LogP contribution in [0, 0.1) is 11.8 Å². The number of anilines is 1. The first-order valence-corrected chi connectivity index (χ1v) is 12.1. The molecule has 2 saturated heterocycles. The number of ether oxygens (including phenoxy) is 1. The highest BCUT2D eigenvalue weighted by atomic mass is 16.5. The van der Waals surface area contributed by atoms with Crippen LogP contribution in [-0.2, 0) is 9.59 Å². The predicted octanol–water partition coefficient (Wildman–Crippen LogP) is 4.30. The number of hydrogen-bond donors (Lipinski definition) is 0. The highest BCUT2D eigenvalue weighted by molar-refractivity contribution is 6.24. The molecule has 0 N–H and O–H groups in total. The molecule has 0 saturated carbocycles. The Morgan fingerprint density at radius 2 is 1.46 bits per heavy atom. The number of Topliss-reactive ketones (excluding diaryl/α,β-unsaturated/α-hetero) is 2. The van der Waals surface area contributed by atoms with E-state index in [-0.39, 0.29) is 17.5 Å². The average molecular weight is 493 g/mol. The van der Waals surface area contributed by atoms with Crippen LogP contribution in [0.25, 0.3) is 6.08 Å². The third-order valence-electron chi connectivity index (χ3n) is 7.64. The second-order valence-corrected chi connectivity index (χ2v) is 9.54. The molecule has 6 rings (SSSR count). The van der Waals surface area contributed by atoms with Crippen molar-refractivity contribution >= 4 is 35.1 Å². The van der Waals surface area contributed by atoms with Crippen LogP contribution in [0.5, 0.6) is 5.75 Å². The molecule has 3 aliphatic rings. The van der Waals surface area contributed by atoms with Crippen LogP contribution in [0.15, 0.2) is 79.0 Å². The Balaban J connectivity index is 1.45. The zero-order valence-electron chi connectivity index (χ0n) is 20.3. The number of rotatable bonds is 5. The van der Waals surface area contributed by atoms with Crippen molar-refractivity contribution in [3.05, 3.63) is 101 Å². The number of fused-ring (bicyclic) bond motifs is 5. The van der Waals surface area contributed by atoms with E-state index < -0.39 is 29.8 Å². The molecule has 4 atom stereocenters. The Morgan fingerprint density at radius 1 is 0.811 bits per heavy atom. The Bertz CT molecular complexity index is 1470. The minimum absolute atomic E-state index is 0.103. The molecule has 3 aromatic carbocycles. The first-order chi connectivity index (χ1) is 17.9. The van der Waals surface area contributed by atoms with E-state index in [1.807, 2.05) is 41.4 Å². The van der Waals surface area contributed by atoms with E-state index in [1.54, 1.807) is 55.6 Å². The lowest BCUT2D eigenvalue weighted by atomic mass is 9.83. The van der Waals surface area contributed by atoms with Gasteiger partial charge in [-0.3, -0.25) is 19.2 Å². The van der Waals surface area contributed by atoms with Gasteiger partial charge < -0.3 is 9.64 Å². The first-order valence-electron chi connectivity index (χ1n) is 12.1. The average Bonchev–Trinajstić information content (AvgIpc) is 3.40. The summed E-state index contributed by atoms with van der Waals surface area (Å²) in [5, 5.41) is 0. The molecular weight excluding hydrogens is 468 g/mol. The molecule has 2 amide bonds. The molecule has 0 aromatic heterocycles. The molecule has 2 fully saturated rings. The number of carbonyl (C=O) groups is 4. The molecule has 3 heterocycles. The standard InChI is InChI=1S/C30H24N2O5/c1-17(33)18-7-11-21(12-8-18)32-29(35)24-25(30(32)36)27(28(34)20-9-13-22(37-2)14-10-20)31-16-15-19-5-3-4-6-23(19)26(24)31/h3-16,24-27H,1-2H3. The maximum absolute atomic E-state index is 13.9. The van der Waals surface area contributed by atoms with Crippen LogP contribution in [0.2, 0.25) is 0 Å². The number of imide groups is 1. The topological polar surface area (TPSA) is 84.0 Å². The van der Waals surface area contributed by atoms with E-state index in [2.05, 4.69) is 0 Å². The summed E-state index contributed by atoms with van der Waals surface area (Å²) in [5.74, 6) is -2.02. The summed E-state index contributed by atoms with van der Waals surface area (Å²) in [6.07, 6.45) is 3.76. The van der Waals surface area contributed by atoms with Crippen molar-refractivity contribution < 1.29 is 23.9 Å². The van der Waals surface area contributed by atoms with Gasteiger partial charge in [0.1, 0.15) is 11.8 Å². The number of benzene rings is 3. The second kappa shape index (κ2) is 8.55. The fourth-order valence-electron chi connectivity index (χ4n) is 5.88. The van der Waals surface area contributed by atoms with Gasteiger partial charge in [-0.2, -0.15) is 0 Å². The van der Waals surface area contributed by atoms with Crippen molar-refractivity contribution in [1.29, 1.82) is 0 Å². The van der Waals surface area contributed by atoms with Crippen molar-refractivity contribution in [3.8, 4) is 5.75 Å². The number of hydrogen-bond acceptors (Lipinski definition) is 6. The summed E-state index contributed by atoms with van der Waals surface area (Å²) < 4.78 is 5.23.